The number of nitrogens with zero attached hydrogens (tertiary/aromatic N) is 1. The van der Waals surface area contributed by atoms with Crippen molar-refractivity contribution in [2.24, 2.45) is 0 Å². The van der Waals surface area contributed by atoms with Crippen LogP contribution in [0.15, 0.2) is 29.4 Å². The van der Waals surface area contributed by atoms with Crippen molar-refractivity contribution in [1.29, 1.82) is 0 Å². The maximum atomic E-state index is 4.42. The second-order valence-corrected chi connectivity index (χ2v) is 5.84. The molecule has 1 N–H and O–H groups in total. The fourth-order valence-electron chi connectivity index (χ4n) is 2.08. The average Bonchev–Trinajstić information content (AvgIpc) is 2.42. The van der Waals surface area contributed by atoms with E-state index < -0.39 is 0 Å². The van der Waals surface area contributed by atoms with Gasteiger partial charge in [0.2, 0.25) is 0 Å². The summed E-state index contributed by atoms with van der Waals surface area (Å²) in [5.41, 5.74) is 0. The van der Waals surface area contributed by atoms with Gasteiger partial charge in [-0.1, -0.05) is 33.3 Å². The Balaban J connectivity index is 2.60. The molecular weight excluding hydrogens is 240 g/mol. The third kappa shape index (κ3) is 5.40. The number of thioether (sulfide) groups is 1. The number of nitrogens with one attached hydrogen (secondary N) is 1. The normalized spacial score (nSPS) is 14.4. The lowest BCUT2D eigenvalue weighted by Crippen LogP contribution is -2.38. The Kier molecular flexibility index (Phi) is 8.10. The Morgan fingerprint density at radius 3 is 2.61 bits per heavy atom. The predicted octanol–water partition coefficient (Wildman–Crippen LogP) is 4.12. The maximum Gasteiger partial charge on any atom is 0.0963 e. The molecule has 0 bridgehead atoms. The van der Waals surface area contributed by atoms with Gasteiger partial charge in [0.15, 0.2) is 0 Å². The van der Waals surface area contributed by atoms with Crippen LogP contribution in [0.3, 0.4) is 0 Å². The van der Waals surface area contributed by atoms with E-state index in [4.69, 9.17) is 0 Å². The summed E-state index contributed by atoms with van der Waals surface area (Å²) in [7, 11) is 0. The standard InChI is InChI=1S/C15H26N2S/c1-4-9-13(16-11-5-2)14(6-3)18-15-10-7-8-12-17-15/h7-8,10,12-14,16H,4-6,9,11H2,1-3H3. The van der Waals surface area contributed by atoms with E-state index >= 15 is 0 Å². The first-order chi connectivity index (χ1) is 8.81. The molecule has 2 unspecified atom stereocenters. The largest absolute Gasteiger partial charge is 0.313 e. The number of rotatable bonds is 9. The van der Waals surface area contributed by atoms with Crippen molar-refractivity contribution in [3.05, 3.63) is 24.4 Å². The van der Waals surface area contributed by atoms with E-state index in [0.29, 0.717) is 11.3 Å². The van der Waals surface area contributed by atoms with E-state index in [1.54, 1.807) is 0 Å². The van der Waals surface area contributed by atoms with Crippen LogP contribution in [-0.4, -0.2) is 22.8 Å². The van der Waals surface area contributed by atoms with Crippen molar-refractivity contribution in [2.45, 2.75) is 62.8 Å². The molecule has 1 rings (SSSR count). The maximum absolute atomic E-state index is 4.42. The smallest absolute Gasteiger partial charge is 0.0963 e. The van der Waals surface area contributed by atoms with Gasteiger partial charge in [0.1, 0.15) is 0 Å². The zero-order valence-electron chi connectivity index (χ0n) is 11.9. The van der Waals surface area contributed by atoms with E-state index in [9.17, 15) is 0 Å². The minimum atomic E-state index is 0.604. The Bertz CT molecular complexity index is 303. The van der Waals surface area contributed by atoms with Crippen LogP contribution in [-0.2, 0) is 0 Å². The Hall–Kier alpha value is -0.540. The highest BCUT2D eigenvalue weighted by Gasteiger charge is 2.20. The summed E-state index contributed by atoms with van der Waals surface area (Å²) in [4.78, 5) is 4.42. The van der Waals surface area contributed by atoms with Gasteiger partial charge in [0.25, 0.3) is 0 Å². The summed E-state index contributed by atoms with van der Waals surface area (Å²) in [5.74, 6) is 0. The molecular formula is C15H26N2S. The molecule has 0 fully saturated rings. The monoisotopic (exact) mass is 266 g/mol. The van der Waals surface area contributed by atoms with Crippen LogP contribution in [0.5, 0.6) is 0 Å². The molecule has 0 saturated carbocycles. The molecule has 0 aliphatic carbocycles. The highest BCUT2D eigenvalue weighted by Crippen LogP contribution is 2.27. The average molecular weight is 266 g/mol. The number of hydrogen-bond acceptors (Lipinski definition) is 3. The van der Waals surface area contributed by atoms with E-state index in [2.05, 4.69) is 43.2 Å². The third-order valence-electron chi connectivity index (χ3n) is 3.02. The summed E-state index contributed by atoms with van der Waals surface area (Å²) < 4.78 is 0. The minimum absolute atomic E-state index is 0.604. The zero-order chi connectivity index (χ0) is 13.2. The van der Waals surface area contributed by atoms with Gasteiger partial charge in [-0.2, -0.15) is 0 Å². The summed E-state index contributed by atoms with van der Waals surface area (Å²) in [6.07, 6.45) is 6.75. The molecule has 0 aliphatic heterocycles. The summed E-state index contributed by atoms with van der Waals surface area (Å²) in [6.45, 7) is 7.88. The topological polar surface area (TPSA) is 24.9 Å². The van der Waals surface area contributed by atoms with Gasteiger partial charge in [-0.25, -0.2) is 4.98 Å². The fourth-order valence-corrected chi connectivity index (χ4v) is 3.23. The fraction of sp³-hybridized carbons (Fsp3) is 0.667. The number of hydrogen-bond donors (Lipinski definition) is 1. The van der Waals surface area contributed by atoms with E-state index in [-0.39, 0.29) is 0 Å². The van der Waals surface area contributed by atoms with E-state index in [1.165, 1.54) is 25.7 Å². The summed E-state index contributed by atoms with van der Waals surface area (Å²) >= 11 is 1.91. The van der Waals surface area contributed by atoms with Crippen LogP contribution in [0, 0.1) is 0 Å². The summed E-state index contributed by atoms with van der Waals surface area (Å²) in [5, 5.41) is 5.45. The molecule has 0 radical (unpaired) electrons. The predicted molar refractivity (Wildman–Crippen MR) is 81.2 cm³/mol. The first-order valence-corrected chi connectivity index (χ1v) is 8.00. The minimum Gasteiger partial charge on any atom is -0.313 e. The van der Waals surface area contributed by atoms with Crippen LogP contribution < -0.4 is 5.32 Å². The first-order valence-electron chi connectivity index (χ1n) is 7.12. The quantitative estimate of drug-likeness (QED) is 0.681. The Labute approximate surface area is 116 Å². The second-order valence-electron chi connectivity index (χ2n) is 4.58. The molecule has 1 aromatic rings. The highest BCUT2D eigenvalue weighted by molar-refractivity contribution is 7.99. The van der Waals surface area contributed by atoms with Gasteiger partial charge < -0.3 is 5.32 Å². The lowest BCUT2D eigenvalue weighted by Gasteiger charge is -2.26. The van der Waals surface area contributed by atoms with Crippen molar-refractivity contribution in [2.75, 3.05) is 6.54 Å². The van der Waals surface area contributed by atoms with Crippen LogP contribution in [0.2, 0.25) is 0 Å². The molecule has 1 heterocycles. The summed E-state index contributed by atoms with van der Waals surface area (Å²) in [6, 6.07) is 6.75. The lowest BCUT2D eigenvalue weighted by atomic mass is 10.1. The van der Waals surface area contributed by atoms with Crippen LogP contribution in [0.1, 0.15) is 46.5 Å². The molecule has 2 atom stereocenters. The van der Waals surface area contributed by atoms with Crippen molar-refractivity contribution in [1.82, 2.24) is 10.3 Å². The Morgan fingerprint density at radius 2 is 2.06 bits per heavy atom. The molecule has 3 heteroatoms. The number of pyridine rings is 1. The zero-order valence-corrected chi connectivity index (χ0v) is 12.7. The van der Waals surface area contributed by atoms with E-state index in [1.807, 2.05) is 24.0 Å². The molecule has 2 nitrogen and oxygen atoms in total. The molecule has 1 aromatic heterocycles. The van der Waals surface area contributed by atoms with E-state index in [0.717, 1.165) is 11.6 Å². The second kappa shape index (κ2) is 9.40. The first kappa shape index (κ1) is 15.5. The van der Waals surface area contributed by atoms with Gasteiger partial charge >= 0.3 is 0 Å². The third-order valence-corrected chi connectivity index (χ3v) is 4.46. The highest BCUT2D eigenvalue weighted by atomic mass is 32.2. The molecule has 0 amide bonds. The van der Waals surface area contributed by atoms with Crippen molar-refractivity contribution < 1.29 is 0 Å². The molecule has 0 saturated heterocycles. The van der Waals surface area contributed by atoms with Crippen LogP contribution in [0.4, 0.5) is 0 Å². The SMILES string of the molecule is CCCNC(CCC)C(CC)Sc1ccccn1. The van der Waals surface area contributed by atoms with Gasteiger partial charge in [-0.05, 0) is 37.9 Å². The lowest BCUT2D eigenvalue weighted by molar-refractivity contribution is 0.454. The van der Waals surface area contributed by atoms with Crippen molar-refractivity contribution in [3.63, 3.8) is 0 Å². The molecule has 0 spiro atoms. The molecule has 0 aromatic carbocycles. The van der Waals surface area contributed by atoms with Gasteiger partial charge in [0, 0.05) is 17.5 Å². The van der Waals surface area contributed by atoms with Crippen LogP contribution >= 0.6 is 11.8 Å². The van der Waals surface area contributed by atoms with Gasteiger partial charge in [-0.3, -0.25) is 0 Å². The van der Waals surface area contributed by atoms with Crippen LogP contribution in [0.25, 0.3) is 0 Å². The number of aromatic nitrogens is 1. The molecule has 18 heavy (non-hydrogen) atoms. The molecule has 0 aliphatic rings. The van der Waals surface area contributed by atoms with Gasteiger partial charge in [0.05, 0.1) is 5.03 Å². The van der Waals surface area contributed by atoms with Crippen molar-refractivity contribution >= 4 is 11.8 Å². The van der Waals surface area contributed by atoms with Crippen molar-refractivity contribution in [3.8, 4) is 0 Å². The Morgan fingerprint density at radius 1 is 1.22 bits per heavy atom. The molecule has 102 valence electrons. The van der Waals surface area contributed by atoms with Gasteiger partial charge in [-0.15, -0.1) is 11.8 Å².